The monoisotopic (exact) mass is 463 g/mol. The van der Waals surface area contributed by atoms with Crippen LogP contribution in [0, 0.1) is 0 Å². The number of nitrogen functional groups attached to an aromatic ring is 2. The van der Waals surface area contributed by atoms with Gasteiger partial charge in [-0.05, 0) is 6.07 Å². The Hall–Kier alpha value is -0.668. The van der Waals surface area contributed by atoms with E-state index in [0.29, 0.717) is 21.3 Å². The maximum atomic E-state index is 6.03. The Labute approximate surface area is 128 Å². The van der Waals surface area contributed by atoms with Gasteiger partial charge < -0.3 is 11.5 Å². The van der Waals surface area contributed by atoms with Crippen LogP contribution in [-0.4, -0.2) is 42.5 Å². The molecule has 4 radical (unpaired) electrons. The molecule has 0 aliphatic carbocycles. The van der Waals surface area contributed by atoms with Gasteiger partial charge in [0.2, 0.25) is 5.95 Å². The molecule has 4 N–H and O–H groups in total. The largest absolute Gasteiger partial charge is 0.382 e. The summed E-state index contributed by atoms with van der Waals surface area (Å²) in [4.78, 5) is 3.80. The minimum atomic E-state index is 0. The Bertz CT molecular complexity index is 549. The van der Waals surface area contributed by atoms with E-state index in [1.54, 1.807) is 18.2 Å². The Morgan fingerprint density at radius 1 is 1.06 bits per heavy atom. The third kappa shape index (κ3) is 2.96. The normalized spacial score (nSPS) is 9.76. The number of rotatable bonds is 1. The molecule has 2 rings (SSSR count). The molecule has 0 saturated heterocycles. The number of nitrogens with two attached hydrogens (primary N) is 2. The Kier molecular flexibility index (Phi) is 4.90. The summed E-state index contributed by atoms with van der Waals surface area (Å²) in [6, 6.07) is 5.13. The molecular formula is C9H7Cl2N5Pb. The maximum absolute atomic E-state index is 6.03. The van der Waals surface area contributed by atoms with E-state index in [0.717, 1.165) is 0 Å². The van der Waals surface area contributed by atoms with Gasteiger partial charge in [0.15, 0.2) is 5.82 Å². The van der Waals surface area contributed by atoms with Crippen LogP contribution in [0.5, 0.6) is 0 Å². The van der Waals surface area contributed by atoms with Gasteiger partial charge in [0, 0.05) is 32.9 Å². The summed E-state index contributed by atoms with van der Waals surface area (Å²) in [5.41, 5.74) is 12.0. The molecule has 86 valence electrons. The van der Waals surface area contributed by atoms with Crippen LogP contribution in [0.1, 0.15) is 0 Å². The minimum absolute atomic E-state index is 0. The topological polar surface area (TPSA) is 90.7 Å². The smallest absolute Gasteiger partial charge is 0.242 e. The number of halogens is 2. The average Bonchev–Trinajstić information content (AvgIpc) is 2.23. The number of benzene rings is 1. The van der Waals surface area contributed by atoms with Crippen molar-refractivity contribution in [3.8, 4) is 11.3 Å². The minimum Gasteiger partial charge on any atom is -0.382 e. The molecule has 1 heterocycles. The SMILES string of the molecule is Nc1nnc(-c2cccc(Cl)c2Cl)c(N)n1.[Pb]. The van der Waals surface area contributed by atoms with Crippen molar-refractivity contribution >= 4 is 62.3 Å². The number of aromatic nitrogens is 3. The molecule has 0 fully saturated rings. The molecule has 1 aromatic heterocycles. The zero-order valence-electron chi connectivity index (χ0n) is 8.48. The van der Waals surface area contributed by atoms with Gasteiger partial charge in [-0.25, -0.2) is 0 Å². The van der Waals surface area contributed by atoms with Crippen LogP contribution < -0.4 is 11.5 Å². The van der Waals surface area contributed by atoms with Gasteiger partial charge in [-0.1, -0.05) is 35.3 Å². The van der Waals surface area contributed by atoms with Gasteiger partial charge in [0.05, 0.1) is 10.0 Å². The average molecular weight is 463 g/mol. The molecule has 0 amide bonds. The Morgan fingerprint density at radius 3 is 2.41 bits per heavy atom. The summed E-state index contributed by atoms with van der Waals surface area (Å²) in [5, 5.41) is 8.24. The molecule has 0 spiro atoms. The van der Waals surface area contributed by atoms with Crippen molar-refractivity contribution in [3.63, 3.8) is 0 Å². The van der Waals surface area contributed by atoms with E-state index in [2.05, 4.69) is 15.2 Å². The van der Waals surface area contributed by atoms with Crippen molar-refractivity contribution in [1.29, 1.82) is 0 Å². The van der Waals surface area contributed by atoms with Crippen molar-refractivity contribution < 1.29 is 0 Å². The first-order valence-corrected chi connectivity index (χ1v) is 5.05. The molecule has 0 unspecified atom stereocenters. The predicted octanol–water partition coefficient (Wildman–Crippen LogP) is 1.63. The first kappa shape index (κ1) is 14.4. The van der Waals surface area contributed by atoms with Crippen LogP contribution in [0.2, 0.25) is 10.0 Å². The number of anilines is 2. The second-order valence-corrected chi connectivity index (χ2v) is 3.79. The van der Waals surface area contributed by atoms with E-state index in [9.17, 15) is 0 Å². The molecule has 17 heavy (non-hydrogen) atoms. The van der Waals surface area contributed by atoms with Gasteiger partial charge >= 0.3 is 0 Å². The second kappa shape index (κ2) is 5.79. The predicted molar refractivity (Wildman–Crippen MR) is 69.9 cm³/mol. The zero-order chi connectivity index (χ0) is 11.7. The molecule has 8 heteroatoms. The van der Waals surface area contributed by atoms with E-state index < -0.39 is 0 Å². The summed E-state index contributed by atoms with van der Waals surface area (Å²) in [6.45, 7) is 0. The first-order valence-electron chi connectivity index (χ1n) is 4.29. The molecule has 0 aliphatic heterocycles. The van der Waals surface area contributed by atoms with Crippen LogP contribution in [0.4, 0.5) is 11.8 Å². The van der Waals surface area contributed by atoms with Crippen LogP contribution in [0.15, 0.2) is 18.2 Å². The summed E-state index contributed by atoms with van der Waals surface area (Å²) in [6.07, 6.45) is 0. The van der Waals surface area contributed by atoms with Gasteiger partial charge in [-0.3, -0.25) is 0 Å². The van der Waals surface area contributed by atoms with Gasteiger partial charge in [0.1, 0.15) is 5.69 Å². The van der Waals surface area contributed by atoms with E-state index in [1.807, 2.05) is 0 Å². The van der Waals surface area contributed by atoms with Gasteiger partial charge in [0.25, 0.3) is 0 Å². The number of hydrogen-bond acceptors (Lipinski definition) is 5. The fraction of sp³-hybridized carbons (Fsp3) is 0. The number of hydrogen-bond donors (Lipinski definition) is 2. The van der Waals surface area contributed by atoms with Crippen molar-refractivity contribution in [3.05, 3.63) is 28.2 Å². The Balaban J connectivity index is 0.00000144. The third-order valence-corrected chi connectivity index (χ3v) is 2.76. The van der Waals surface area contributed by atoms with E-state index in [4.69, 9.17) is 34.7 Å². The molecule has 0 saturated carbocycles. The molecule has 2 aromatic rings. The van der Waals surface area contributed by atoms with Crippen LogP contribution in [0.25, 0.3) is 11.3 Å². The van der Waals surface area contributed by atoms with Gasteiger partial charge in [-0.15, -0.1) is 10.2 Å². The summed E-state index contributed by atoms with van der Waals surface area (Å²) in [5.74, 6) is 0.177. The van der Waals surface area contributed by atoms with Crippen LogP contribution in [0.3, 0.4) is 0 Å². The van der Waals surface area contributed by atoms with E-state index >= 15 is 0 Å². The molecular weight excluding hydrogens is 456 g/mol. The molecule has 0 aliphatic rings. The summed E-state index contributed by atoms with van der Waals surface area (Å²) >= 11 is 11.9. The Morgan fingerprint density at radius 2 is 1.76 bits per heavy atom. The quantitative estimate of drug-likeness (QED) is 0.628. The zero-order valence-corrected chi connectivity index (χ0v) is 13.9. The molecule has 1 aromatic carbocycles. The van der Waals surface area contributed by atoms with Crippen molar-refractivity contribution in [2.24, 2.45) is 0 Å². The van der Waals surface area contributed by atoms with Gasteiger partial charge in [-0.2, -0.15) is 4.98 Å². The van der Waals surface area contributed by atoms with Crippen molar-refractivity contribution in [2.45, 2.75) is 0 Å². The molecule has 5 nitrogen and oxygen atoms in total. The second-order valence-electron chi connectivity index (χ2n) is 3.01. The van der Waals surface area contributed by atoms with E-state index in [-0.39, 0.29) is 39.1 Å². The van der Waals surface area contributed by atoms with Crippen LogP contribution >= 0.6 is 23.2 Å². The fourth-order valence-electron chi connectivity index (χ4n) is 1.23. The molecule has 0 atom stereocenters. The fourth-order valence-corrected chi connectivity index (χ4v) is 1.62. The van der Waals surface area contributed by atoms with Crippen molar-refractivity contribution in [2.75, 3.05) is 11.5 Å². The van der Waals surface area contributed by atoms with E-state index in [1.165, 1.54) is 0 Å². The number of nitrogens with zero attached hydrogens (tertiary/aromatic N) is 3. The summed E-state index contributed by atoms with van der Waals surface area (Å²) in [7, 11) is 0. The standard InChI is InChI=1S/C9H7Cl2N5.Pb/c10-5-3-1-2-4(6(5)11)7-8(12)14-9(13)16-15-7;/h1-3H,(H4,12,13,14,16);. The summed E-state index contributed by atoms with van der Waals surface area (Å²) < 4.78 is 0. The molecule has 0 bridgehead atoms. The third-order valence-electron chi connectivity index (χ3n) is 1.94. The van der Waals surface area contributed by atoms with Crippen molar-refractivity contribution in [1.82, 2.24) is 15.2 Å². The maximum Gasteiger partial charge on any atom is 0.242 e. The van der Waals surface area contributed by atoms with Crippen LogP contribution in [-0.2, 0) is 0 Å². The first-order chi connectivity index (χ1) is 7.59.